The molecule has 0 bridgehead atoms. The van der Waals surface area contributed by atoms with Crippen molar-refractivity contribution in [2.24, 2.45) is 0 Å². The molecule has 10 heteroatoms. The first-order valence-electron chi connectivity index (χ1n) is 10.6. The number of aliphatic hydroxyl groups excluding tert-OH is 1. The average molecular weight is 482 g/mol. The fourth-order valence-corrected chi connectivity index (χ4v) is 5.34. The first-order valence-corrected chi connectivity index (χ1v) is 12.5. The van der Waals surface area contributed by atoms with Crippen LogP contribution in [0.3, 0.4) is 0 Å². The molecule has 2 amide bonds. The van der Waals surface area contributed by atoms with Gasteiger partial charge >= 0.3 is 0 Å². The lowest BCUT2D eigenvalue weighted by molar-refractivity contribution is -0.143. The molecule has 2 N–H and O–H groups in total. The van der Waals surface area contributed by atoms with Crippen molar-refractivity contribution in [3.05, 3.63) is 41.4 Å². The van der Waals surface area contributed by atoms with E-state index in [1.54, 1.807) is 36.1 Å². The molecule has 1 heterocycles. The van der Waals surface area contributed by atoms with E-state index in [0.717, 1.165) is 10.8 Å². The third-order valence-corrected chi connectivity index (χ3v) is 7.43. The first kappa shape index (κ1) is 24.4. The van der Waals surface area contributed by atoms with Crippen molar-refractivity contribution in [2.75, 3.05) is 26.2 Å². The van der Waals surface area contributed by atoms with Gasteiger partial charge in [-0.05, 0) is 61.7 Å². The Balaban J connectivity index is 1.71. The summed E-state index contributed by atoms with van der Waals surface area (Å²) in [6.45, 7) is 4.62. The highest BCUT2D eigenvalue weighted by Gasteiger charge is 2.39. The number of rotatable bonds is 9. The summed E-state index contributed by atoms with van der Waals surface area (Å²) in [5.41, 5.74) is 0. The predicted octanol–water partition coefficient (Wildman–Crippen LogP) is 1.99. The highest BCUT2D eigenvalue weighted by Crippen LogP contribution is 2.24. The molecule has 1 fully saturated rings. The Hall–Kier alpha value is -2.20. The van der Waals surface area contributed by atoms with Crippen LogP contribution in [0.1, 0.15) is 26.7 Å². The van der Waals surface area contributed by atoms with Gasteiger partial charge in [0.15, 0.2) is 0 Å². The van der Waals surface area contributed by atoms with Gasteiger partial charge in [0.2, 0.25) is 21.8 Å². The number of amides is 2. The number of carbonyl (C=O) groups excluding carboxylic acids is 2. The van der Waals surface area contributed by atoms with Crippen LogP contribution in [0.2, 0.25) is 5.02 Å². The summed E-state index contributed by atoms with van der Waals surface area (Å²) in [5.74, 6) is -0.633. The zero-order valence-electron chi connectivity index (χ0n) is 18.1. The van der Waals surface area contributed by atoms with Crippen LogP contribution in [-0.4, -0.2) is 73.5 Å². The fraction of sp³-hybridized carbons (Fsp3) is 0.455. The molecule has 0 unspecified atom stereocenters. The van der Waals surface area contributed by atoms with Crippen LogP contribution >= 0.6 is 11.6 Å². The molecule has 0 aromatic heterocycles. The number of benzene rings is 2. The molecule has 0 spiro atoms. The SMILES string of the molecule is CCN(CCCO)C(=O)[C@H](C)N1CC[C@H](NS(=O)(=O)c2ccc3cc(Cl)ccc3c2)C1=O. The second-order valence-electron chi connectivity index (χ2n) is 7.82. The number of hydrogen-bond acceptors (Lipinski definition) is 5. The molecule has 2 aromatic carbocycles. The predicted molar refractivity (Wildman–Crippen MR) is 123 cm³/mol. The number of nitrogens with one attached hydrogen (secondary N) is 1. The minimum Gasteiger partial charge on any atom is -0.396 e. The van der Waals surface area contributed by atoms with E-state index in [1.807, 2.05) is 6.92 Å². The van der Waals surface area contributed by atoms with Crippen LogP contribution < -0.4 is 4.72 Å². The molecule has 0 aliphatic carbocycles. The molecule has 0 radical (unpaired) electrons. The fourth-order valence-electron chi connectivity index (χ4n) is 3.90. The number of sulfonamides is 1. The molecule has 1 saturated heterocycles. The van der Waals surface area contributed by atoms with Gasteiger partial charge in [0.05, 0.1) is 4.90 Å². The molecule has 8 nitrogen and oxygen atoms in total. The molecule has 2 aromatic rings. The Bertz CT molecular complexity index is 1110. The molecule has 3 rings (SSSR count). The molecule has 32 heavy (non-hydrogen) atoms. The lowest BCUT2D eigenvalue weighted by atomic mass is 10.1. The zero-order valence-corrected chi connectivity index (χ0v) is 19.7. The van der Waals surface area contributed by atoms with Crippen LogP contribution in [0.15, 0.2) is 41.3 Å². The van der Waals surface area contributed by atoms with Crippen molar-refractivity contribution in [2.45, 2.75) is 43.7 Å². The average Bonchev–Trinajstić information content (AvgIpc) is 3.12. The van der Waals surface area contributed by atoms with Crippen LogP contribution in [-0.2, 0) is 19.6 Å². The summed E-state index contributed by atoms with van der Waals surface area (Å²) in [6.07, 6.45) is 0.738. The summed E-state index contributed by atoms with van der Waals surface area (Å²) < 4.78 is 28.3. The van der Waals surface area contributed by atoms with E-state index in [1.165, 1.54) is 17.0 Å². The topological polar surface area (TPSA) is 107 Å². The van der Waals surface area contributed by atoms with Gasteiger partial charge in [-0.2, -0.15) is 4.72 Å². The highest BCUT2D eigenvalue weighted by atomic mass is 35.5. The lowest BCUT2D eigenvalue weighted by Gasteiger charge is -2.30. The van der Waals surface area contributed by atoms with Gasteiger partial charge in [-0.1, -0.05) is 23.7 Å². The molecule has 1 aliphatic rings. The van der Waals surface area contributed by atoms with E-state index in [4.69, 9.17) is 16.7 Å². The van der Waals surface area contributed by atoms with Gasteiger partial charge in [0, 0.05) is 31.3 Å². The van der Waals surface area contributed by atoms with Crippen molar-refractivity contribution in [1.82, 2.24) is 14.5 Å². The van der Waals surface area contributed by atoms with Crippen LogP contribution in [0.5, 0.6) is 0 Å². The number of halogens is 1. The lowest BCUT2D eigenvalue weighted by Crippen LogP contribution is -2.50. The Morgan fingerprint density at radius 2 is 1.97 bits per heavy atom. The molecule has 1 aliphatic heterocycles. The summed E-state index contributed by atoms with van der Waals surface area (Å²) in [4.78, 5) is 28.8. The summed E-state index contributed by atoms with van der Waals surface area (Å²) in [5, 5.41) is 11.1. The number of fused-ring (bicyclic) bond motifs is 1. The van der Waals surface area contributed by atoms with Crippen molar-refractivity contribution in [3.63, 3.8) is 0 Å². The van der Waals surface area contributed by atoms with Gasteiger partial charge in [0.1, 0.15) is 12.1 Å². The number of carbonyl (C=O) groups is 2. The number of likely N-dealkylation sites (N-methyl/N-ethyl adjacent to an activating group) is 1. The summed E-state index contributed by atoms with van der Waals surface area (Å²) in [7, 11) is -3.93. The quantitative estimate of drug-likeness (QED) is 0.569. The number of likely N-dealkylation sites (tertiary alicyclic amines) is 1. The maximum atomic E-state index is 12.9. The maximum absolute atomic E-state index is 12.9. The van der Waals surface area contributed by atoms with Crippen molar-refractivity contribution < 1.29 is 23.1 Å². The minimum absolute atomic E-state index is 0.0214. The second-order valence-corrected chi connectivity index (χ2v) is 9.97. The smallest absolute Gasteiger partial charge is 0.245 e. The number of nitrogens with zero attached hydrogens (tertiary/aromatic N) is 2. The molecular weight excluding hydrogens is 454 g/mol. The molecule has 174 valence electrons. The molecule has 2 atom stereocenters. The van der Waals surface area contributed by atoms with E-state index >= 15 is 0 Å². The zero-order chi connectivity index (χ0) is 23.5. The van der Waals surface area contributed by atoms with E-state index < -0.39 is 28.0 Å². The van der Waals surface area contributed by atoms with E-state index in [2.05, 4.69) is 4.72 Å². The Labute approximate surface area is 193 Å². The van der Waals surface area contributed by atoms with Gasteiger partial charge < -0.3 is 14.9 Å². The van der Waals surface area contributed by atoms with Gasteiger partial charge in [0.25, 0.3) is 0 Å². The Morgan fingerprint density at radius 1 is 1.28 bits per heavy atom. The second kappa shape index (κ2) is 10.2. The van der Waals surface area contributed by atoms with Crippen LogP contribution in [0.4, 0.5) is 0 Å². The molecule has 0 saturated carbocycles. The summed E-state index contributed by atoms with van der Waals surface area (Å²) in [6, 6.07) is 8.22. The number of aliphatic hydroxyl groups is 1. The Morgan fingerprint density at radius 3 is 2.66 bits per heavy atom. The monoisotopic (exact) mass is 481 g/mol. The van der Waals surface area contributed by atoms with Crippen molar-refractivity contribution >= 4 is 44.2 Å². The van der Waals surface area contributed by atoms with Crippen molar-refractivity contribution in [3.8, 4) is 0 Å². The van der Waals surface area contributed by atoms with Gasteiger partial charge in [-0.25, -0.2) is 8.42 Å². The van der Waals surface area contributed by atoms with Gasteiger partial charge in [-0.3, -0.25) is 9.59 Å². The third-order valence-electron chi connectivity index (χ3n) is 5.73. The number of hydrogen-bond donors (Lipinski definition) is 2. The highest BCUT2D eigenvalue weighted by molar-refractivity contribution is 7.89. The molecular formula is C22H28ClN3O5S. The van der Waals surface area contributed by atoms with Crippen molar-refractivity contribution in [1.29, 1.82) is 0 Å². The maximum Gasteiger partial charge on any atom is 0.245 e. The van der Waals surface area contributed by atoms with Gasteiger partial charge in [-0.15, -0.1) is 0 Å². The largest absolute Gasteiger partial charge is 0.396 e. The Kier molecular flexibility index (Phi) is 7.76. The standard InChI is InChI=1S/C22H28ClN3O5S/c1-3-25(10-4-12-27)21(28)15(2)26-11-9-20(22(26)29)24-32(30,31)19-8-6-16-13-18(23)7-5-17(16)14-19/h5-8,13-15,20,24,27H,3-4,9-12H2,1-2H3/t15-,20-/m0/s1. The first-order chi connectivity index (χ1) is 15.2. The third kappa shape index (κ3) is 5.23. The van der Waals surface area contributed by atoms with E-state index in [-0.39, 0.29) is 30.4 Å². The minimum atomic E-state index is -3.93. The van der Waals surface area contributed by atoms with Crippen LogP contribution in [0, 0.1) is 0 Å². The van der Waals surface area contributed by atoms with Crippen LogP contribution in [0.25, 0.3) is 10.8 Å². The summed E-state index contributed by atoms with van der Waals surface area (Å²) >= 11 is 5.98. The van der Waals surface area contributed by atoms with E-state index in [9.17, 15) is 18.0 Å². The van der Waals surface area contributed by atoms with E-state index in [0.29, 0.717) is 24.5 Å². The normalized spacial score (nSPS) is 17.7.